The third-order valence-electron chi connectivity index (χ3n) is 9.00. The summed E-state index contributed by atoms with van der Waals surface area (Å²) in [6, 6.07) is 0.490. The molecule has 0 aromatic rings. The molecule has 3 aliphatic heterocycles. The van der Waals surface area contributed by atoms with Crippen molar-refractivity contribution < 1.29 is 25.2 Å². The molecule has 0 unspecified atom stereocenters. The van der Waals surface area contributed by atoms with E-state index in [2.05, 4.69) is 32.8 Å². The summed E-state index contributed by atoms with van der Waals surface area (Å²) in [5, 5.41) is 51.6. The van der Waals surface area contributed by atoms with Crippen molar-refractivity contribution in [1.82, 2.24) is 20.9 Å². The second kappa shape index (κ2) is 15.2. The molecule has 0 saturated carbocycles. The van der Waals surface area contributed by atoms with Gasteiger partial charge in [-0.15, -0.1) is 0 Å². The first kappa shape index (κ1) is 32.3. The van der Waals surface area contributed by atoms with E-state index in [0.717, 1.165) is 70.9 Å². The zero-order chi connectivity index (χ0) is 28.5. The van der Waals surface area contributed by atoms with Crippen molar-refractivity contribution in [3.05, 3.63) is 0 Å². The number of carbonyl (C=O) groups is 1. The summed E-state index contributed by atoms with van der Waals surface area (Å²) in [4.78, 5) is 18.1. The van der Waals surface area contributed by atoms with Gasteiger partial charge in [0.2, 0.25) is 0 Å². The largest absolute Gasteiger partial charge is 0.481 e. The van der Waals surface area contributed by atoms with Crippen LogP contribution in [0.3, 0.4) is 0 Å². The van der Waals surface area contributed by atoms with Crippen molar-refractivity contribution in [2.75, 3.05) is 26.3 Å². The van der Waals surface area contributed by atoms with Crippen LogP contribution in [0.4, 0.5) is 0 Å². The lowest BCUT2D eigenvalue weighted by atomic mass is 9.86. The third kappa shape index (κ3) is 10.6. The highest BCUT2D eigenvalue weighted by Gasteiger charge is 2.38. The van der Waals surface area contributed by atoms with Gasteiger partial charge >= 0.3 is 5.97 Å². The molecule has 2 saturated heterocycles. The number of rotatable bonds is 16. The maximum atomic E-state index is 11.4. The van der Waals surface area contributed by atoms with E-state index in [0.29, 0.717) is 19.5 Å². The average molecular weight is 555 g/mol. The van der Waals surface area contributed by atoms with Crippen molar-refractivity contribution in [2.24, 2.45) is 10.7 Å². The number of β-amino-alcohol motifs (C(OH)–C–C–N with tert-alkyl or cyclic N) is 1. The van der Waals surface area contributed by atoms with Gasteiger partial charge in [0, 0.05) is 43.0 Å². The number of hydrogen-bond donors (Lipinski definition) is 8. The molecule has 0 amide bonds. The number of aliphatic carboxylic acids is 1. The van der Waals surface area contributed by atoms with Gasteiger partial charge in [0.1, 0.15) is 0 Å². The number of aliphatic hydroxyl groups is 3. The average Bonchev–Trinajstić information content (AvgIpc) is 3.40. The molecule has 0 aromatic heterocycles. The highest BCUT2D eigenvalue weighted by atomic mass is 16.4. The van der Waals surface area contributed by atoms with Gasteiger partial charge in [0.25, 0.3) is 0 Å². The van der Waals surface area contributed by atoms with Crippen LogP contribution in [0, 0.1) is 0 Å². The first-order valence-electron chi connectivity index (χ1n) is 15.0. The van der Waals surface area contributed by atoms with E-state index in [-0.39, 0.29) is 55.0 Å². The highest BCUT2D eigenvalue weighted by molar-refractivity contribution is 5.68. The van der Waals surface area contributed by atoms with Crippen LogP contribution in [0.5, 0.6) is 0 Å². The van der Waals surface area contributed by atoms with Crippen LogP contribution in [0.1, 0.15) is 90.9 Å². The van der Waals surface area contributed by atoms with Gasteiger partial charge in [-0.1, -0.05) is 25.7 Å². The number of piperidine rings is 2. The van der Waals surface area contributed by atoms with E-state index in [1.807, 2.05) is 13.1 Å². The van der Waals surface area contributed by atoms with E-state index in [1.165, 1.54) is 0 Å². The Balaban J connectivity index is 1.33. The SMILES string of the molecule is C[C@@H]1N[C@H](CC[C@H](O)CCCCCC[C@](O)(CN[C@]2(C)CCN[C@H](N)C2)CC(=O)O)[C@@H](N2CC=NC2)C[C@H]1O. The summed E-state index contributed by atoms with van der Waals surface area (Å²) >= 11 is 0. The number of carboxylic acids is 1. The Morgan fingerprint density at radius 2 is 2.08 bits per heavy atom. The molecular weight excluding hydrogens is 500 g/mol. The van der Waals surface area contributed by atoms with Gasteiger partial charge in [0.05, 0.1) is 37.1 Å². The number of nitrogens with one attached hydrogen (secondary N) is 3. The summed E-state index contributed by atoms with van der Waals surface area (Å²) in [5.74, 6) is -0.995. The summed E-state index contributed by atoms with van der Waals surface area (Å²) in [7, 11) is 0. The van der Waals surface area contributed by atoms with Gasteiger partial charge in [-0.05, 0) is 65.3 Å². The Hall–Kier alpha value is -1.18. The Bertz CT molecular complexity index is 782. The van der Waals surface area contributed by atoms with Crippen molar-refractivity contribution in [1.29, 1.82) is 0 Å². The lowest BCUT2D eigenvalue weighted by Gasteiger charge is -2.43. The molecule has 11 heteroatoms. The number of nitrogens with two attached hydrogens (primary N) is 1. The summed E-state index contributed by atoms with van der Waals surface area (Å²) in [5.41, 5.74) is 4.52. The predicted octanol–water partition coefficient (Wildman–Crippen LogP) is 0.514. The van der Waals surface area contributed by atoms with Gasteiger partial charge in [-0.3, -0.25) is 14.7 Å². The van der Waals surface area contributed by atoms with Crippen LogP contribution in [-0.4, -0.2) is 111 Å². The van der Waals surface area contributed by atoms with Gasteiger partial charge in [-0.2, -0.15) is 0 Å². The van der Waals surface area contributed by atoms with Crippen LogP contribution in [0.2, 0.25) is 0 Å². The summed E-state index contributed by atoms with van der Waals surface area (Å²) < 4.78 is 0. The van der Waals surface area contributed by atoms with E-state index >= 15 is 0 Å². The molecule has 0 radical (unpaired) electrons. The van der Waals surface area contributed by atoms with Crippen LogP contribution < -0.4 is 21.7 Å². The van der Waals surface area contributed by atoms with Crippen LogP contribution in [-0.2, 0) is 4.79 Å². The zero-order valence-corrected chi connectivity index (χ0v) is 24.0. The zero-order valence-electron chi connectivity index (χ0n) is 24.0. The minimum atomic E-state index is -1.29. The molecule has 3 heterocycles. The highest BCUT2D eigenvalue weighted by Crippen LogP contribution is 2.26. The number of hydrogen-bond acceptors (Lipinski definition) is 10. The van der Waals surface area contributed by atoms with E-state index in [4.69, 9.17) is 5.73 Å². The predicted molar refractivity (Wildman–Crippen MR) is 153 cm³/mol. The molecule has 0 aromatic carbocycles. The number of unbranched alkanes of at least 4 members (excludes halogenated alkanes) is 3. The fourth-order valence-electron chi connectivity index (χ4n) is 6.43. The molecule has 3 aliphatic rings. The van der Waals surface area contributed by atoms with E-state index < -0.39 is 11.6 Å². The second-order valence-corrected chi connectivity index (χ2v) is 12.6. The van der Waals surface area contributed by atoms with Crippen molar-refractivity contribution >= 4 is 12.2 Å². The summed E-state index contributed by atoms with van der Waals surface area (Å²) in [6.07, 6.45) is 9.33. The van der Waals surface area contributed by atoms with Crippen LogP contribution >= 0.6 is 0 Å². The minimum Gasteiger partial charge on any atom is -0.481 e. The van der Waals surface area contributed by atoms with Crippen molar-refractivity contribution in [3.63, 3.8) is 0 Å². The standard InChI is InChI=1S/C28H54N6O5/c1-20-24(36)15-23(34-14-13-30-19-34)22(33-20)9-8-21(35)7-5-3-4-6-10-28(39,17-26(37)38)18-32-27(2)11-12-31-25(29)16-27/h13,20-25,31-33,35-36,39H,3-12,14-19,29H2,1-2H3,(H,37,38)/t20-,21+,22+,23-,24+,25-,27+,28+/m0/s1. The van der Waals surface area contributed by atoms with Gasteiger partial charge in [0.15, 0.2) is 0 Å². The monoisotopic (exact) mass is 554 g/mol. The molecule has 11 nitrogen and oxygen atoms in total. The molecule has 0 aliphatic carbocycles. The lowest BCUT2D eigenvalue weighted by molar-refractivity contribution is -0.143. The molecule has 39 heavy (non-hydrogen) atoms. The maximum Gasteiger partial charge on any atom is 0.306 e. The molecule has 226 valence electrons. The maximum absolute atomic E-state index is 11.4. The smallest absolute Gasteiger partial charge is 0.306 e. The van der Waals surface area contributed by atoms with Gasteiger partial charge < -0.3 is 42.1 Å². The molecule has 0 bridgehead atoms. The topological polar surface area (TPSA) is 176 Å². The molecule has 3 rings (SSSR count). The Kier molecular flexibility index (Phi) is 12.6. The second-order valence-electron chi connectivity index (χ2n) is 12.6. The Morgan fingerprint density at radius 1 is 1.31 bits per heavy atom. The van der Waals surface area contributed by atoms with E-state index in [9.17, 15) is 25.2 Å². The Labute approximate surface area is 234 Å². The quantitative estimate of drug-likeness (QED) is 0.126. The molecule has 2 fully saturated rings. The van der Waals surface area contributed by atoms with Crippen molar-refractivity contribution in [3.8, 4) is 0 Å². The van der Waals surface area contributed by atoms with Gasteiger partial charge in [-0.25, -0.2) is 0 Å². The number of carboxylic acid groups (broad SMARTS) is 1. The first-order chi connectivity index (χ1) is 18.5. The molecule has 0 spiro atoms. The van der Waals surface area contributed by atoms with Crippen molar-refractivity contribution in [2.45, 2.75) is 139 Å². The minimum absolute atomic E-state index is 0.0435. The number of aliphatic imine (C=N–C) groups is 1. The third-order valence-corrected chi connectivity index (χ3v) is 9.00. The van der Waals surface area contributed by atoms with Crippen LogP contribution in [0.25, 0.3) is 0 Å². The fourth-order valence-corrected chi connectivity index (χ4v) is 6.43. The first-order valence-corrected chi connectivity index (χ1v) is 15.0. The number of aliphatic hydroxyl groups excluding tert-OH is 2. The number of nitrogens with zero attached hydrogens (tertiary/aromatic N) is 2. The fraction of sp³-hybridized carbons (Fsp3) is 0.929. The molecular formula is C28H54N6O5. The Morgan fingerprint density at radius 3 is 2.77 bits per heavy atom. The molecule has 9 N–H and O–H groups in total. The van der Waals surface area contributed by atoms with Crippen LogP contribution in [0.15, 0.2) is 4.99 Å². The lowest BCUT2D eigenvalue weighted by Crippen LogP contribution is -2.61. The summed E-state index contributed by atoms with van der Waals surface area (Å²) in [6.45, 7) is 6.61. The molecule has 8 atom stereocenters. The normalized spacial score (nSPS) is 34.2. The van der Waals surface area contributed by atoms with E-state index in [1.54, 1.807) is 0 Å².